The van der Waals surface area contributed by atoms with Crippen LogP contribution in [0.5, 0.6) is 0 Å². The molecule has 0 aromatic carbocycles. The Kier molecular flexibility index (Phi) is 11.9. The molecule has 4 N–H and O–H groups in total. The van der Waals surface area contributed by atoms with Gasteiger partial charge in [-0.3, -0.25) is 9.36 Å². The predicted octanol–water partition coefficient (Wildman–Crippen LogP) is 3.94. The molecule has 1 aliphatic rings. The number of rotatable bonds is 16. The molecule has 2 aromatic heterocycles. The Morgan fingerprint density at radius 1 is 1.02 bits per heavy atom. The first-order chi connectivity index (χ1) is 19.6. The van der Waals surface area contributed by atoms with Crippen molar-refractivity contribution in [2.45, 2.75) is 102 Å². The molecule has 3 rings (SSSR count). The fraction of sp³-hybridized carbons (Fsp3) is 0.607. The fourth-order valence-corrected chi connectivity index (χ4v) is 4.75. The number of carbonyl (C=O) groups is 2. The zero-order valence-electron chi connectivity index (χ0n) is 23.1. The van der Waals surface area contributed by atoms with Crippen LogP contribution in [0.2, 0.25) is 0 Å². The normalized spacial score (nSPS) is 19.8. The van der Waals surface area contributed by atoms with Crippen molar-refractivity contribution in [3.05, 3.63) is 51.8 Å². The summed E-state index contributed by atoms with van der Waals surface area (Å²) in [5.41, 5.74) is -1.01. The van der Waals surface area contributed by atoms with Gasteiger partial charge in [0.25, 0.3) is 5.91 Å². The standard InChI is InChI=1S/C28H38F2N4O7/c1-2-3-4-5-6-7-8-9-10-11-12-19-18(25(38)39)13-14-20(31-19)24(37)32-22-15-16-34(27(40)33-22)26-28(29,30)23(36)21(17-35)41-26/h13-16,21,23,26,35-36H,2-12,17H2,1H3,(H,38,39)(H,32,33,37,40)/t21-,23-,26-/m1/s1. The lowest BCUT2D eigenvalue weighted by atomic mass is 10.0. The molecular weight excluding hydrogens is 542 g/mol. The number of ether oxygens (including phenoxy) is 1. The van der Waals surface area contributed by atoms with Crippen molar-refractivity contribution in [2.75, 3.05) is 11.9 Å². The number of carboxylic acids is 1. The van der Waals surface area contributed by atoms with E-state index in [-0.39, 0.29) is 22.8 Å². The van der Waals surface area contributed by atoms with E-state index in [1.54, 1.807) is 0 Å². The molecule has 41 heavy (non-hydrogen) atoms. The molecule has 2 aromatic rings. The Bertz CT molecular complexity index is 1240. The van der Waals surface area contributed by atoms with Gasteiger partial charge in [0, 0.05) is 6.20 Å². The smallest absolute Gasteiger partial charge is 0.351 e. The van der Waals surface area contributed by atoms with E-state index in [9.17, 15) is 33.4 Å². The number of amides is 1. The lowest BCUT2D eigenvalue weighted by Gasteiger charge is -2.21. The Morgan fingerprint density at radius 2 is 1.66 bits per heavy atom. The van der Waals surface area contributed by atoms with Gasteiger partial charge in [-0.25, -0.2) is 14.6 Å². The zero-order chi connectivity index (χ0) is 30.0. The number of aliphatic hydroxyl groups is 2. The number of pyridine rings is 1. The van der Waals surface area contributed by atoms with Gasteiger partial charge in [0.15, 0.2) is 6.10 Å². The van der Waals surface area contributed by atoms with Crippen LogP contribution in [-0.4, -0.2) is 66.5 Å². The van der Waals surface area contributed by atoms with Crippen molar-refractivity contribution in [3.8, 4) is 0 Å². The molecule has 226 valence electrons. The summed E-state index contributed by atoms with van der Waals surface area (Å²) >= 11 is 0. The average molecular weight is 581 g/mol. The topological polar surface area (TPSA) is 164 Å². The summed E-state index contributed by atoms with van der Waals surface area (Å²) < 4.78 is 34.2. The van der Waals surface area contributed by atoms with Crippen molar-refractivity contribution >= 4 is 17.7 Å². The second-order valence-corrected chi connectivity index (χ2v) is 10.2. The van der Waals surface area contributed by atoms with Gasteiger partial charge >= 0.3 is 17.6 Å². The minimum absolute atomic E-state index is 0.000871. The maximum atomic E-state index is 14.4. The number of aryl methyl sites for hydroxylation is 1. The van der Waals surface area contributed by atoms with Crippen LogP contribution in [0, 0.1) is 0 Å². The molecule has 3 atom stereocenters. The van der Waals surface area contributed by atoms with Crippen molar-refractivity contribution in [2.24, 2.45) is 0 Å². The van der Waals surface area contributed by atoms with Gasteiger partial charge in [0.2, 0.25) is 6.23 Å². The van der Waals surface area contributed by atoms with Gasteiger partial charge in [-0.05, 0) is 31.0 Å². The molecule has 1 aliphatic heterocycles. The molecule has 0 bridgehead atoms. The van der Waals surface area contributed by atoms with Crippen LogP contribution in [0.4, 0.5) is 14.6 Å². The summed E-state index contributed by atoms with van der Waals surface area (Å²) in [7, 11) is 0. The van der Waals surface area contributed by atoms with Crippen LogP contribution in [0.1, 0.15) is 104 Å². The number of hydrogen-bond acceptors (Lipinski definition) is 8. The molecule has 1 amide bonds. The first-order valence-corrected chi connectivity index (χ1v) is 14.1. The first kappa shape index (κ1) is 32.2. The maximum absolute atomic E-state index is 14.4. The number of carbonyl (C=O) groups excluding carboxylic acids is 1. The van der Waals surface area contributed by atoms with E-state index in [1.807, 2.05) is 0 Å². The molecule has 0 unspecified atom stereocenters. The van der Waals surface area contributed by atoms with Gasteiger partial charge in [-0.2, -0.15) is 13.8 Å². The molecule has 0 aliphatic carbocycles. The molecule has 1 saturated heterocycles. The van der Waals surface area contributed by atoms with Crippen LogP contribution < -0.4 is 11.0 Å². The molecule has 1 fully saturated rings. The second kappa shape index (κ2) is 15.1. The minimum Gasteiger partial charge on any atom is -0.478 e. The minimum atomic E-state index is -3.87. The van der Waals surface area contributed by atoms with Crippen molar-refractivity contribution in [1.29, 1.82) is 0 Å². The van der Waals surface area contributed by atoms with Gasteiger partial charge in [0.05, 0.1) is 17.9 Å². The van der Waals surface area contributed by atoms with E-state index in [4.69, 9.17) is 9.84 Å². The van der Waals surface area contributed by atoms with E-state index >= 15 is 0 Å². The number of nitrogens with one attached hydrogen (secondary N) is 1. The Hall–Kier alpha value is -3.29. The highest BCUT2D eigenvalue weighted by atomic mass is 19.3. The molecule has 13 heteroatoms. The lowest BCUT2D eigenvalue weighted by molar-refractivity contribution is -0.140. The number of nitrogens with zero attached hydrogens (tertiary/aromatic N) is 3. The zero-order valence-corrected chi connectivity index (χ0v) is 23.1. The fourth-order valence-electron chi connectivity index (χ4n) is 4.75. The number of aliphatic hydroxyl groups excluding tert-OH is 2. The number of anilines is 1. The monoisotopic (exact) mass is 580 g/mol. The molecule has 0 saturated carbocycles. The van der Waals surface area contributed by atoms with E-state index < -0.39 is 48.5 Å². The quantitative estimate of drug-likeness (QED) is 0.215. The summed E-state index contributed by atoms with van der Waals surface area (Å²) in [4.78, 5) is 44.8. The Morgan fingerprint density at radius 3 is 2.22 bits per heavy atom. The van der Waals surface area contributed by atoms with Crippen LogP contribution in [0.3, 0.4) is 0 Å². The Labute approximate surface area is 236 Å². The highest BCUT2D eigenvalue weighted by molar-refractivity contribution is 6.02. The number of alkyl halides is 2. The van der Waals surface area contributed by atoms with Gasteiger partial charge < -0.3 is 25.4 Å². The second-order valence-electron chi connectivity index (χ2n) is 10.2. The van der Waals surface area contributed by atoms with Crippen molar-refractivity contribution in [3.63, 3.8) is 0 Å². The van der Waals surface area contributed by atoms with E-state index in [0.717, 1.165) is 31.5 Å². The third-order valence-corrected chi connectivity index (χ3v) is 7.09. The van der Waals surface area contributed by atoms with Gasteiger partial charge in [-0.1, -0.05) is 64.7 Å². The van der Waals surface area contributed by atoms with Gasteiger partial charge in [0.1, 0.15) is 17.6 Å². The van der Waals surface area contributed by atoms with Gasteiger partial charge in [-0.15, -0.1) is 0 Å². The van der Waals surface area contributed by atoms with Crippen molar-refractivity contribution < 1.29 is 38.4 Å². The predicted molar refractivity (Wildman–Crippen MR) is 145 cm³/mol. The third kappa shape index (κ3) is 8.37. The first-order valence-electron chi connectivity index (χ1n) is 14.1. The number of unbranched alkanes of at least 4 members (excludes halogenated alkanes) is 9. The third-order valence-electron chi connectivity index (χ3n) is 7.09. The average Bonchev–Trinajstić information content (AvgIpc) is 3.17. The highest BCUT2D eigenvalue weighted by Crippen LogP contribution is 2.42. The maximum Gasteiger partial charge on any atom is 0.351 e. The number of carboxylic acid groups (broad SMARTS) is 1. The summed E-state index contributed by atoms with van der Waals surface area (Å²) in [5, 5.41) is 30.7. The molecule has 0 radical (unpaired) electrons. The largest absolute Gasteiger partial charge is 0.478 e. The van der Waals surface area contributed by atoms with Crippen LogP contribution >= 0.6 is 0 Å². The summed E-state index contributed by atoms with van der Waals surface area (Å²) in [5.74, 6) is -6.05. The SMILES string of the molecule is CCCCCCCCCCCCc1nc(C(=O)Nc2ccn([C@@H]3O[C@H](CO)[C@@H](O)C3(F)F)c(=O)n2)ccc1C(=O)O. The number of aromatic carboxylic acids is 1. The highest BCUT2D eigenvalue weighted by Gasteiger charge is 2.59. The molecular formula is C28H38F2N4O7. The lowest BCUT2D eigenvalue weighted by Crippen LogP contribution is -2.41. The number of aromatic nitrogens is 3. The van der Waals surface area contributed by atoms with E-state index in [2.05, 4.69) is 22.2 Å². The van der Waals surface area contributed by atoms with Crippen molar-refractivity contribution in [1.82, 2.24) is 14.5 Å². The van der Waals surface area contributed by atoms with Crippen LogP contribution in [0.15, 0.2) is 29.2 Å². The molecule has 0 spiro atoms. The summed E-state index contributed by atoms with van der Waals surface area (Å²) in [6, 6.07) is 3.63. The van der Waals surface area contributed by atoms with E-state index in [0.29, 0.717) is 17.4 Å². The molecule has 11 nitrogen and oxygen atoms in total. The van der Waals surface area contributed by atoms with Crippen LogP contribution in [0.25, 0.3) is 0 Å². The summed E-state index contributed by atoms with van der Waals surface area (Å²) in [6.07, 6.45) is 6.39. The molecule has 3 heterocycles. The Balaban J connectivity index is 1.60. The number of hydrogen-bond donors (Lipinski definition) is 4. The van der Waals surface area contributed by atoms with E-state index in [1.165, 1.54) is 50.7 Å². The number of halogens is 2. The van der Waals surface area contributed by atoms with Crippen LogP contribution in [-0.2, 0) is 11.2 Å². The summed E-state index contributed by atoms with van der Waals surface area (Å²) in [6.45, 7) is 1.31.